The molecule has 2 N–H and O–H groups in total. The molecule has 0 fully saturated rings. The van der Waals surface area contributed by atoms with E-state index in [4.69, 9.17) is 4.74 Å². The number of ether oxygens (including phenoxy) is 1. The lowest BCUT2D eigenvalue weighted by Crippen LogP contribution is -2.21. The number of nitrogens with one attached hydrogen (secondary N) is 2. The largest absolute Gasteiger partial charge is 0.494 e. The number of rotatable bonds is 7. The van der Waals surface area contributed by atoms with E-state index in [9.17, 15) is 9.59 Å². The zero-order chi connectivity index (χ0) is 22.2. The van der Waals surface area contributed by atoms with Gasteiger partial charge in [0, 0.05) is 10.0 Å². The molecule has 0 bridgehead atoms. The van der Waals surface area contributed by atoms with Crippen LogP contribution in [-0.2, 0) is 0 Å². The van der Waals surface area contributed by atoms with Gasteiger partial charge in [0.2, 0.25) is 0 Å². The first-order chi connectivity index (χ1) is 15.0. The fraction of sp³-hybridized carbons (Fsp3) is 0.125. The predicted molar refractivity (Wildman–Crippen MR) is 126 cm³/mol. The smallest absolute Gasteiger partial charge is 0.273 e. The van der Waals surface area contributed by atoms with Crippen LogP contribution >= 0.6 is 15.9 Å². The topological polar surface area (TPSA) is 79.8 Å². The van der Waals surface area contributed by atoms with E-state index in [0.717, 1.165) is 11.1 Å². The lowest BCUT2D eigenvalue weighted by atomic mass is 10.1. The fourth-order valence-corrected chi connectivity index (χ4v) is 3.12. The van der Waals surface area contributed by atoms with Gasteiger partial charge >= 0.3 is 0 Å². The van der Waals surface area contributed by atoms with Crippen molar-refractivity contribution in [3.05, 3.63) is 93.5 Å². The van der Waals surface area contributed by atoms with E-state index in [1.807, 2.05) is 38.1 Å². The van der Waals surface area contributed by atoms with Gasteiger partial charge in [-0.3, -0.25) is 9.59 Å². The van der Waals surface area contributed by atoms with E-state index in [-0.39, 0.29) is 11.5 Å². The zero-order valence-corrected chi connectivity index (χ0v) is 18.8. The van der Waals surface area contributed by atoms with Crippen molar-refractivity contribution in [3.8, 4) is 5.75 Å². The van der Waals surface area contributed by atoms with Crippen molar-refractivity contribution in [3.63, 3.8) is 0 Å². The third kappa shape index (κ3) is 6.26. The van der Waals surface area contributed by atoms with Crippen LogP contribution in [0.5, 0.6) is 5.75 Å². The maximum Gasteiger partial charge on any atom is 0.273 e. The molecule has 158 valence electrons. The average molecular weight is 480 g/mol. The van der Waals surface area contributed by atoms with Gasteiger partial charge in [-0.2, -0.15) is 5.10 Å². The Bertz CT molecular complexity index is 1090. The third-order valence-corrected chi connectivity index (χ3v) is 4.85. The molecule has 31 heavy (non-hydrogen) atoms. The molecule has 3 rings (SSSR count). The van der Waals surface area contributed by atoms with Crippen molar-refractivity contribution in [2.75, 3.05) is 11.9 Å². The number of hydrogen-bond donors (Lipinski definition) is 2. The number of carbonyl (C=O) groups is 2. The van der Waals surface area contributed by atoms with Crippen LogP contribution in [0.4, 0.5) is 5.69 Å². The van der Waals surface area contributed by atoms with Gasteiger partial charge in [0.15, 0.2) is 0 Å². The lowest BCUT2D eigenvalue weighted by molar-refractivity contribution is 0.0956. The Labute approximate surface area is 189 Å². The second-order valence-electron chi connectivity index (χ2n) is 6.71. The summed E-state index contributed by atoms with van der Waals surface area (Å²) in [6.07, 6.45) is 1.56. The normalized spacial score (nSPS) is 10.7. The molecular formula is C24H22BrN3O3. The summed E-state index contributed by atoms with van der Waals surface area (Å²) < 4.78 is 6.10. The maximum atomic E-state index is 12.7. The molecular weight excluding hydrogens is 458 g/mol. The van der Waals surface area contributed by atoms with Crippen LogP contribution in [0.15, 0.2) is 76.3 Å². The summed E-state index contributed by atoms with van der Waals surface area (Å²) in [5, 5.41) is 6.80. The van der Waals surface area contributed by atoms with Gasteiger partial charge in [0.05, 0.1) is 24.1 Å². The van der Waals surface area contributed by atoms with Crippen molar-refractivity contribution >= 4 is 39.6 Å². The first-order valence-electron chi connectivity index (χ1n) is 9.70. The highest BCUT2D eigenvalue weighted by molar-refractivity contribution is 9.10. The molecule has 0 heterocycles. The van der Waals surface area contributed by atoms with Gasteiger partial charge in [-0.15, -0.1) is 0 Å². The molecule has 0 aliphatic rings. The van der Waals surface area contributed by atoms with Crippen LogP contribution in [0.1, 0.15) is 38.8 Å². The molecule has 3 aromatic rings. The molecule has 0 aliphatic heterocycles. The summed E-state index contributed by atoms with van der Waals surface area (Å²) >= 11 is 3.37. The highest BCUT2D eigenvalue weighted by atomic mass is 79.9. The quantitative estimate of drug-likeness (QED) is 0.362. The lowest BCUT2D eigenvalue weighted by Gasteiger charge is -2.11. The van der Waals surface area contributed by atoms with Crippen LogP contribution in [0.25, 0.3) is 0 Å². The molecule has 0 saturated heterocycles. The standard InChI is InChI=1S/C24H22BrN3O3/c1-3-31-20-11-8-18(9-12-20)23(29)27-22-13-10-19(25)14-21(22)24(30)28-26-15-17-6-4-16(2)5-7-17/h4-15H,3H2,1-2H3,(H,27,29)(H,28,30). The Morgan fingerprint density at radius 2 is 1.71 bits per heavy atom. The van der Waals surface area contributed by atoms with E-state index in [2.05, 4.69) is 31.8 Å². The molecule has 7 heteroatoms. The molecule has 0 radical (unpaired) electrons. The monoisotopic (exact) mass is 479 g/mol. The fourth-order valence-electron chi connectivity index (χ4n) is 2.76. The highest BCUT2D eigenvalue weighted by Gasteiger charge is 2.15. The molecule has 0 unspecified atom stereocenters. The minimum atomic E-state index is -0.438. The molecule has 0 aliphatic carbocycles. The summed E-state index contributed by atoms with van der Waals surface area (Å²) in [5.74, 6) is -0.0802. The molecule has 0 aromatic heterocycles. The Hall–Kier alpha value is -3.45. The van der Waals surface area contributed by atoms with Crippen LogP contribution in [0.2, 0.25) is 0 Å². The van der Waals surface area contributed by atoms with Crippen LogP contribution in [0, 0.1) is 6.92 Å². The van der Waals surface area contributed by atoms with Gasteiger partial charge in [-0.05, 0) is 61.9 Å². The summed E-state index contributed by atoms with van der Waals surface area (Å²) in [7, 11) is 0. The van der Waals surface area contributed by atoms with Gasteiger partial charge in [0.1, 0.15) is 5.75 Å². The Morgan fingerprint density at radius 3 is 2.39 bits per heavy atom. The van der Waals surface area contributed by atoms with Crippen LogP contribution < -0.4 is 15.5 Å². The van der Waals surface area contributed by atoms with Crippen molar-refractivity contribution in [2.45, 2.75) is 13.8 Å². The third-order valence-electron chi connectivity index (χ3n) is 4.36. The SMILES string of the molecule is CCOc1ccc(C(=O)Nc2ccc(Br)cc2C(=O)NN=Cc2ccc(C)cc2)cc1. The molecule has 0 spiro atoms. The summed E-state index contributed by atoms with van der Waals surface area (Å²) in [6.45, 7) is 4.44. The molecule has 0 saturated carbocycles. The van der Waals surface area contributed by atoms with Crippen LogP contribution in [-0.4, -0.2) is 24.6 Å². The van der Waals surface area contributed by atoms with E-state index < -0.39 is 5.91 Å². The second kappa shape index (κ2) is 10.5. The highest BCUT2D eigenvalue weighted by Crippen LogP contribution is 2.22. The van der Waals surface area contributed by atoms with Crippen molar-refractivity contribution in [1.29, 1.82) is 0 Å². The van der Waals surface area contributed by atoms with Gasteiger partial charge in [0.25, 0.3) is 11.8 Å². The number of halogens is 1. The molecule has 3 aromatic carbocycles. The molecule has 6 nitrogen and oxygen atoms in total. The van der Waals surface area contributed by atoms with Gasteiger partial charge < -0.3 is 10.1 Å². The Morgan fingerprint density at radius 1 is 1.00 bits per heavy atom. The second-order valence-corrected chi connectivity index (χ2v) is 7.63. The maximum absolute atomic E-state index is 12.7. The number of amides is 2. The van der Waals surface area contributed by atoms with E-state index in [1.165, 1.54) is 0 Å². The van der Waals surface area contributed by atoms with Gasteiger partial charge in [-0.1, -0.05) is 45.8 Å². The Balaban J connectivity index is 1.72. The zero-order valence-electron chi connectivity index (χ0n) is 17.2. The van der Waals surface area contributed by atoms with E-state index in [0.29, 0.717) is 28.1 Å². The number of nitrogens with zero attached hydrogens (tertiary/aromatic N) is 1. The van der Waals surface area contributed by atoms with E-state index in [1.54, 1.807) is 48.7 Å². The predicted octanol–water partition coefficient (Wildman–Crippen LogP) is 5.17. The number of benzene rings is 3. The van der Waals surface area contributed by atoms with Crippen molar-refractivity contribution < 1.29 is 14.3 Å². The number of aryl methyl sites for hydroxylation is 1. The minimum absolute atomic E-state index is 0.287. The van der Waals surface area contributed by atoms with Crippen molar-refractivity contribution in [2.24, 2.45) is 5.10 Å². The number of carbonyl (C=O) groups excluding carboxylic acids is 2. The minimum Gasteiger partial charge on any atom is -0.494 e. The summed E-state index contributed by atoms with van der Waals surface area (Å²) in [5.41, 5.74) is 5.63. The van der Waals surface area contributed by atoms with Gasteiger partial charge in [-0.25, -0.2) is 5.43 Å². The summed E-state index contributed by atoms with van der Waals surface area (Å²) in [6, 6.07) is 19.6. The Kier molecular flexibility index (Phi) is 7.56. The average Bonchev–Trinajstić information content (AvgIpc) is 2.77. The molecule has 0 atom stereocenters. The molecule has 2 amide bonds. The first-order valence-corrected chi connectivity index (χ1v) is 10.5. The summed E-state index contributed by atoms with van der Waals surface area (Å²) in [4.78, 5) is 25.3. The number of anilines is 1. The van der Waals surface area contributed by atoms with Crippen molar-refractivity contribution in [1.82, 2.24) is 5.43 Å². The first kappa shape index (κ1) is 22.2. The number of hydrogen-bond acceptors (Lipinski definition) is 4. The number of hydrazone groups is 1. The van der Waals surface area contributed by atoms with Crippen LogP contribution in [0.3, 0.4) is 0 Å². The van der Waals surface area contributed by atoms with E-state index >= 15 is 0 Å².